The second-order valence-corrected chi connectivity index (χ2v) is 3.86. The van der Waals surface area contributed by atoms with Gasteiger partial charge in [-0.05, 0) is 24.5 Å². The fourth-order valence-electron chi connectivity index (χ4n) is 1.52. The van der Waals surface area contributed by atoms with E-state index < -0.39 is 0 Å². The highest BCUT2D eigenvalue weighted by molar-refractivity contribution is 5.79. The van der Waals surface area contributed by atoms with E-state index in [1.807, 2.05) is 18.2 Å². The molecule has 82 valence electrons. The summed E-state index contributed by atoms with van der Waals surface area (Å²) in [4.78, 5) is 10.7. The van der Waals surface area contributed by atoms with Gasteiger partial charge in [-0.25, -0.2) is 0 Å². The van der Waals surface area contributed by atoms with Crippen LogP contribution >= 0.6 is 0 Å². The zero-order chi connectivity index (χ0) is 11.1. The monoisotopic (exact) mass is 206 g/mol. The van der Waals surface area contributed by atoms with Crippen molar-refractivity contribution in [3.63, 3.8) is 0 Å². The molecule has 2 nitrogen and oxygen atoms in total. The topological polar surface area (TPSA) is 26.3 Å². The fraction of sp³-hybridized carbons (Fsp3) is 0.462. The zero-order valence-corrected chi connectivity index (χ0v) is 9.40. The minimum atomic E-state index is 0.537. The lowest BCUT2D eigenvalue weighted by atomic mass is 10.1. The van der Waals surface area contributed by atoms with Crippen molar-refractivity contribution in [1.82, 2.24) is 0 Å². The lowest BCUT2D eigenvalue weighted by Crippen LogP contribution is -2.09. The van der Waals surface area contributed by atoms with E-state index in [1.54, 1.807) is 6.07 Å². The molecule has 15 heavy (non-hydrogen) atoms. The van der Waals surface area contributed by atoms with Gasteiger partial charge in [0.2, 0.25) is 0 Å². The third-order valence-corrected chi connectivity index (χ3v) is 2.35. The average Bonchev–Trinajstić information content (AvgIpc) is 2.27. The van der Waals surface area contributed by atoms with Crippen LogP contribution in [0.15, 0.2) is 24.3 Å². The highest BCUT2D eigenvalue weighted by Crippen LogP contribution is 2.17. The summed E-state index contributed by atoms with van der Waals surface area (Å²) in [7, 11) is 0. The molecule has 0 aromatic heterocycles. The molecule has 0 heterocycles. The lowest BCUT2D eigenvalue weighted by Gasteiger charge is -2.12. The number of aldehydes is 1. The van der Waals surface area contributed by atoms with Gasteiger partial charge in [-0.3, -0.25) is 4.79 Å². The van der Waals surface area contributed by atoms with Crippen LogP contribution in [0.4, 0.5) is 0 Å². The van der Waals surface area contributed by atoms with Crippen molar-refractivity contribution >= 4 is 6.29 Å². The molecular weight excluding hydrogens is 188 g/mol. The Bertz CT molecular complexity index is 307. The Balaban J connectivity index is 2.53. The number of hydrogen-bond donors (Lipinski definition) is 0. The SMILES string of the molecule is CCCC(C)COc1ccccc1C=O. The first kappa shape index (κ1) is 11.8. The Hall–Kier alpha value is -1.31. The van der Waals surface area contributed by atoms with Crippen LogP contribution in [-0.4, -0.2) is 12.9 Å². The Morgan fingerprint density at radius 3 is 2.80 bits per heavy atom. The zero-order valence-electron chi connectivity index (χ0n) is 9.40. The van der Waals surface area contributed by atoms with Crippen molar-refractivity contribution < 1.29 is 9.53 Å². The second kappa shape index (κ2) is 6.23. The van der Waals surface area contributed by atoms with Crippen LogP contribution in [-0.2, 0) is 0 Å². The van der Waals surface area contributed by atoms with Crippen LogP contribution in [0.5, 0.6) is 5.75 Å². The minimum absolute atomic E-state index is 0.537. The molecule has 0 spiro atoms. The summed E-state index contributed by atoms with van der Waals surface area (Å²) in [6.07, 6.45) is 3.16. The Morgan fingerprint density at radius 1 is 1.40 bits per heavy atom. The summed E-state index contributed by atoms with van der Waals surface area (Å²) >= 11 is 0. The predicted molar refractivity (Wildman–Crippen MR) is 61.4 cm³/mol. The average molecular weight is 206 g/mol. The first-order chi connectivity index (χ1) is 7.27. The number of carbonyl (C=O) groups is 1. The number of ether oxygens (including phenoxy) is 1. The maximum Gasteiger partial charge on any atom is 0.153 e. The molecule has 0 radical (unpaired) electrons. The first-order valence-corrected chi connectivity index (χ1v) is 5.45. The van der Waals surface area contributed by atoms with E-state index in [-0.39, 0.29) is 0 Å². The van der Waals surface area contributed by atoms with E-state index in [9.17, 15) is 4.79 Å². The van der Waals surface area contributed by atoms with Gasteiger partial charge in [-0.15, -0.1) is 0 Å². The number of hydrogen-bond acceptors (Lipinski definition) is 2. The molecule has 0 N–H and O–H groups in total. The highest BCUT2D eigenvalue weighted by atomic mass is 16.5. The maximum atomic E-state index is 10.7. The summed E-state index contributed by atoms with van der Waals surface area (Å²) in [5, 5.41) is 0. The third kappa shape index (κ3) is 3.74. The van der Waals surface area contributed by atoms with E-state index in [0.717, 1.165) is 12.7 Å². The molecule has 0 amide bonds. The molecule has 0 fully saturated rings. The molecule has 0 saturated heterocycles. The van der Waals surface area contributed by atoms with E-state index in [0.29, 0.717) is 23.8 Å². The van der Waals surface area contributed by atoms with Gasteiger partial charge in [0.25, 0.3) is 0 Å². The molecular formula is C13H18O2. The van der Waals surface area contributed by atoms with Crippen LogP contribution in [0.3, 0.4) is 0 Å². The van der Waals surface area contributed by atoms with Gasteiger partial charge in [0.05, 0.1) is 12.2 Å². The van der Waals surface area contributed by atoms with Crippen LogP contribution in [0.1, 0.15) is 37.0 Å². The van der Waals surface area contributed by atoms with Gasteiger partial charge < -0.3 is 4.74 Å². The maximum absolute atomic E-state index is 10.7. The van der Waals surface area contributed by atoms with Crippen molar-refractivity contribution in [3.05, 3.63) is 29.8 Å². The highest BCUT2D eigenvalue weighted by Gasteiger charge is 2.04. The molecule has 1 aromatic rings. The number of benzene rings is 1. The van der Waals surface area contributed by atoms with E-state index >= 15 is 0 Å². The normalized spacial score (nSPS) is 12.1. The van der Waals surface area contributed by atoms with Crippen molar-refractivity contribution in [2.45, 2.75) is 26.7 Å². The Morgan fingerprint density at radius 2 is 2.13 bits per heavy atom. The fourth-order valence-corrected chi connectivity index (χ4v) is 1.52. The van der Waals surface area contributed by atoms with Crippen LogP contribution < -0.4 is 4.74 Å². The smallest absolute Gasteiger partial charge is 0.153 e. The van der Waals surface area contributed by atoms with Crippen LogP contribution in [0.25, 0.3) is 0 Å². The van der Waals surface area contributed by atoms with Crippen LogP contribution in [0, 0.1) is 5.92 Å². The molecule has 0 bridgehead atoms. The summed E-state index contributed by atoms with van der Waals surface area (Å²) in [6.45, 7) is 5.00. The van der Waals surface area contributed by atoms with Crippen molar-refractivity contribution in [3.8, 4) is 5.75 Å². The summed E-state index contributed by atoms with van der Waals surface area (Å²) in [6, 6.07) is 7.33. The molecule has 1 unspecified atom stereocenters. The summed E-state index contributed by atoms with van der Waals surface area (Å²) in [5.74, 6) is 1.23. The number of para-hydroxylation sites is 1. The molecule has 2 heteroatoms. The Kier molecular flexibility index (Phi) is 4.88. The van der Waals surface area contributed by atoms with Crippen molar-refractivity contribution in [1.29, 1.82) is 0 Å². The minimum Gasteiger partial charge on any atom is -0.493 e. The summed E-state index contributed by atoms with van der Waals surface area (Å²) < 4.78 is 5.61. The molecule has 1 aromatic carbocycles. The molecule has 1 rings (SSSR count). The molecule has 0 aliphatic heterocycles. The molecule has 1 atom stereocenters. The first-order valence-electron chi connectivity index (χ1n) is 5.45. The van der Waals surface area contributed by atoms with E-state index in [1.165, 1.54) is 6.42 Å². The third-order valence-electron chi connectivity index (χ3n) is 2.35. The van der Waals surface area contributed by atoms with Crippen molar-refractivity contribution in [2.75, 3.05) is 6.61 Å². The lowest BCUT2D eigenvalue weighted by molar-refractivity contribution is 0.111. The quantitative estimate of drug-likeness (QED) is 0.667. The van der Waals surface area contributed by atoms with Gasteiger partial charge in [0, 0.05) is 0 Å². The predicted octanol–water partition coefficient (Wildman–Crippen LogP) is 3.31. The van der Waals surface area contributed by atoms with E-state index in [4.69, 9.17) is 4.74 Å². The number of carbonyl (C=O) groups excluding carboxylic acids is 1. The molecule has 0 saturated carbocycles. The van der Waals surface area contributed by atoms with E-state index in [2.05, 4.69) is 13.8 Å². The van der Waals surface area contributed by atoms with Gasteiger partial charge >= 0.3 is 0 Å². The van der Waals surface area contributed by atoms with Crippen LogP contribution in [0.2, 0.25) is 0 Å². The second-order valence-electron chi connectivity index (χ2n) is 3.86. The molecule has 0 aliphatic carbocycles. The largest absolute Gasteiger partial charge is 0.493 e. The van der Waals surface area contributed by atoms with Crippen molar-refractivity contribution in [2.24, 2.45) is 5.92 Å². The van der Waals surface area contributed by atoms with Gasteiger partial charge in [-0.1, -0.05) is 32.4 Å². The number of rotatable bonds is 6. The van der Waals surface area contributed by atoms with Gasteiger partial charge in [0.1, 0.15) is 5.75 Å². The molecule has 0 aliphatic rings. The van der Waals surface area contributed by atoms with Gasteiger partial charge in [0.15, 0.2) is 6.29 Å². The standard InChI is InChI=1S/C13H18O2/c1-3-6-11(2)10-15-13-8-5-4-7-12(13)9-14/h4-5,7-9,11H,3,6,10H2,1-2H3. The van der Waals surface area contributed by atoms with Gasteiger partial charge in [-0.2, -0.15) is 0 Å². The summed E-state index contributed by atoms with van der Waals surface area (Å²) in [5.41, 5.74) is 0.626. The Labute approximate surface area is 91.3 Å².